The number of aliphatic hydroxyl groups excluding tert-OH is 1. The second kappa shape index (κ2) is 7.34. The number of nitrogens with one attached hydrogen (secondary N) is 1. The van der Waals surface area contributed by atoms with Crippen molar-refractivity contribution in [1.82, 2.24) is 5.32 Å². The van der Waals surface area contributed by atoms with Crippen LogP contribution in [0.5, 0.6) is 0 Å². The molecule has 0 heterocycles. The van der Waals surface area contributed by atoms with Gasteiger partial charge in [-0.1, -0.05) is 27.2 Å². The highest BCUT2D eigenvalue weighted by Crippen LogP contribution is 2.25. The second-order valence-electron chi connectivity index (χ2n) is 4.49. The smallest absolute Gasteiger partial charge is 0.0443 e. The van der Waals surface area contributed by atoms with Crippen LogP contribution in [0.4, 0.5) is 0 Å². The Hall–Kier alpha value is -0.0800. The van der Waals surface area contributed by atoms with Crippen molar-refractivity contribution < 1.29 is 5.11 Å². The topological polar surface area (TPSA) is 32.3 Å². The van der Waals surface area contributed by atoms with Crippen LogP contribution >= 0.6 is 0 Å². The van der Waals surface area contributed by atoms with E-state index in [9.17, 15) is 0 Å². The minimum atomic E-state index is 0.297. The molecule has 80 valence electrons. The lowest BCUT2D eigenvalue weighted by molar-refractivity contribution is 0.277. The normalized spacial score (nSPS) is 12.0. The molecule has 0 bridgehead atoms. The van der Waals surface area contributed by atoms with Crippen molar-refractivity contribution in [3.05, 3.63) is 0 Å². The second-order valence-corrected chi connectivity index (χ2v) is 4.49. The van der Waals surface area contributed by atoms with Gasteiger partial charge in [-0.25, -0.2) is 0 Å². The van der Waals surface area contributed by atoms with Crippen LogP contribution in [0.1, 0.15) is 46.5 Å². The van der Waals surface area contributed by atoms with Crippen molar-refractivity contribution in [1.29, 1.82) is 0 Å². The predicted molar refractivity (Wildman–Crippen MR) is 57.9 cm³/mol. The highest BCUT2D eigenvalue weighted by Gasteiger charge is 2.15. The van der Waals surface area contributed by atoms with Gasteiger partial charge in [0.15, 0.2) is 0 Å². The highest BCUT2D eigenvalue weighted by molar-refractivity contribution is 4.68. The van der Waals surface area contributed by atoms with E-state index in [0.717, 1.165) is 19.5 Å². The van der Waals surface area contributed by atoms with Gasteiger partial charge in [0.1, 0.15) is 0 Å². The van der Waals surface area contributed by atoms with E-state index in [0.29, 0.717) is 12.0 Å². The summed E-state index contributed by atoms with van der Waals surface area (Å²) in [4.78, 5) is 0. The SMILES string of the molecule is CCCC(C)(C)CCNCCCO. The van der Waals surface area contributed by atoms with Gasteiger partial charge in [-0.05, 0) is 37.8 Å². The van der Waals surface area contributed by atoms with E-state index in [4.69, 9.17) is 5.11 Å². The average molecular weight is 187 g/mol. The first-order valence-corrected chi connectivity index (χ1v) is 5.44. The predicted octanol–water partition coefficient (Wildman–Crippen LogP) is 2.17. The summed E-state index contributed by atoms with van der Waals surface area (Å²) in [6.07, 6.45) is 4.67. The molecule has 2 heteroatoms. The van der Waals surface area contributed by atoms with Gasteiger partial charge in [0.25, 0.3) is 0 Å². The van der Waals surface area contributed by atoms with Gasteiger partial charge in [0, 0.05) is 6.61 Å². The van der Waals surface area contributed by atoms with E-state index < -0.39 is 0 Å². The standard InChI is InChI=1S/C11H25NO/c1-4-6-11(2,3)7-9-12-8-5-10-13/h12-13H,4-10H2,1-3H3. The summed E-state index contributed by atoms with van der Waals surface area (Å²) in [5, 5.41) is 11.9. The van der Waals surface area contributed by atoms with Crippen LogP contribution in [0.2, 0.25) is 0 Å². The maximum absolute atomic E-state index is 8.57. The highest BCUT2D eigenvalue weighted by atomic mass is 16.3. The van der Waals surface area contributed by atoms with Crippen molar-refractivity contribution in [2.24, 2.45) is 5.41 Å². The van der Waals surface area contributed by atoms with Crippen molar-refractivity contribution >= 4 is 0 Å². The summed E-state index contributed by atoms with van der Waals surface area (Å²) in [5.74, 6) is 0. The lowest BCUT2D eigenvalue weighted by Gasteiger charge is -2.23. The molecule has 0 amide bonds. The molecule has 13 heavy (non-hydrogen) atoms. The largest absolute Gasteiger partial charge is 0.396 e. The molecule has 0 rings (SSSR count). The van der Waals surface area contributed by atoms with Crippen molar-refractivity contribution in [3.8, 4) is 0 Å². The van der Waals surface area contributed by atoms with Gasteiger partial charge in [-0.15, -0.1) is 0 Å². The fourth-order valence-electron chi connectivity index (χ4n) is 1.56. The lowest BCUT2D eigenvalue weighted by Crippen LogP contribution is -2.23. The molecule has 0 aliphatic heterocycles. The molecule has 0 unspecified atom stereocenters. The third-order valence-corrected chi connectivity index (χ3v) is 2.42. The molecule has 0 aromatic carbocycles. The molecule has 0 saturated carbocycles. The first-order valence-electron chi connectivity index (χ1n) is 5.44. The first-order chi connectivity index (χ1) is 6.12. The zero-order valence-corrected chi connectivity index (χ0v) is 9.40. The van der Waals surface area contributed by atoms with Gasteiger partial charge in [0.2, 0.25) is 0 Å². The molecule has 0 saturated heterocycles. The zero-order valence-electron chi connectivity index (χ0n) is 9.40. The third kappa shape index (κ3) is 8.26. The summed E-state index contributed by atoms with van der Waals surface area (Å²) in [5.41, 5.74) is 0.473. The summed E-state index contributed by atoms with van der Waals surface area (Å²) in [6, 6.07) is 0. The summed E-state index contributed by atoms with van der Waals surface area (Å²) < 4.78 is 0. The molecule has 2 N–H and O–H groups in total. The fourth-order valence-corrected chi connectivity index (χ4v) is 1.56. The molecule has 0 atom stereocenters. The Kier molecular flexibility index (Phi) is 7.29. The Bertz CT molecular complexity index is 113. The van der Waals surface area contributed by atoms with Crippen molar-refractivity contribution in [2.45, 2.75) is 46.5 Å². The molecular formula is C11H25NO. The van der Waals surface area contributed by atoms with E-state index in [-0.39, 0.29) is 0 Å². The molecule has 0 radical (unpaired) electrons. The first kappa shape index (κ1) is 12.9. The molecule has 0 spiro atoms. The van der Waals surface area contributed by atoms with Gasteiger partial charge >= 0.3 is 0 Å². The summed E-state index contributed by atoms with van der Waals surface area (Å²) in [6.45, 7) is 9.20. The Balaban J connectivity index is 3.29. The quantitative estimate of drug-likeness (QED) is 0.571. The monoisotopic (exact) mass is 187 g/mol. The van der Waals surface area contributed by atoms with E-state index in [2.05, 4.69) is 26.1 Å². The molecule has 0 aliphatic rings. The van der Waals surface area contributed by atoms with Gasteiger partial charge in [-0.2, -0.15) is 0 Å². The van der Waals surface area contributed by atoms with Crippen molar-refractivity contribution in [3.63, 3.8) is 0 Å². The van der Waals surface area contributed by atoms with E-state index in [1.807, 2.05) is 0 Å². The van der Waals surface area contributed by atoms with Crippen LogP contribution in [0.3, 0.4) is 0 Å². The minimum Gasteiger partial charge on any atom is -0.396 e. The molecule has 0 fully saturated rings. The molecular weight excluding hydrogens is 162 g/mol. The van der Waals surface area contributed by atoms with E-state index in [1.54, 1.807) is 0 Å². The molecule has 0 aromatic heterocycles. The lowest BCUT2D eigenvalue weighted by atomic mass is 9.85. The number of hydrogen-bond donors (Lipinski definition) is 2. The van der Waals surface area contributed by atoms with Crippen LogP contribution < -0.4 is 5.32 Å². The number of rotatable bonds is 8. The number of hydrogen-bond acceptors (Lipinski definition) is 2. The van der Waals surface area contributed by atoms with Crippen LogP contribution in [0.25, 0.3) is 0 Å². The summed E-state index contributed by atoms with van der Waals surface area (Å²) in [7, 11) is 0. The Labute approximate surface area is 82.7 Å². The third-order valence-electron chi connectivity index (χ3n) is 2.42. The zero-order chi connectivity index (χ0) is 10.2. The van der Waals surface area contributed by atoms with Crippen molar-refractivity contribution in [2.75, 3.05) is 19.7 Å². The Morgan fingerprint density at radius 1 is 1.15 bits per heavy atom. The molecule has 0 aromatic rings. The van der Waals surface area contributed by atoms with Crippen LogP contribution in [0, 0.1) is 5.41 Å². The molecule has 2 nitrogen and oxygen atoms in total. The van der Waals surface area contributed by atoms with E-state index >= 15 is 0 Å². The summed E-state index contributed by atoms with van der Waals surface area (Å²) >= 11 is 0. The van der Waals surface area contributed by atoms with E-state index in [1.165, 1.54) is 19.3 Å². The van der Waals surface area contributed by atoms with Crippen LogP contribution in [-0.4, -0.2) is 24.8 Å². The van der Waals surface area contributed by atoms with Crippen LogP contribution in [-0.2, 0) is 0 Å². The van der Waals surface area contributed by atoms with Gasteiger partial charge in [0.05, 0.1) is 0 Å². The fraction of sp³-hybridized carbons (Fsp3) is 1.00. The number of aliphatic hydroxyl groups is 1. The van der Waals surface area contributed by atoms with Crippen LogP contribution in [0.15, 0.2) is 0 Å². The van der Waals surface area contributed by atoms with Gasteiger partial charge < -0.3 is 10.4 Å². The molecule has 0 aliphatic carbocycles. The minimum absolute atomic E-state index is 0.297. The Morgan fingerprint density at radius 2 is 1.85 bits per heavy atom. The maximum atomic E-state index is 8.57. The Morgan fingerprint density at radius 3 is 2.38 bits per heavy atom. The van der Waals surface area contributed by atoms with Gasteiger partial charge in [-0.3, -0.25) is 0 Å². The average Bonchev–Trinajstić information content (AvgIpc) is 2.04. The maximum Gasteiger partial charge on any atom is 0.0443 e.